The van der Waals surface area contributed by atoms with Gasteiger partial charge < -0.3 is 10.2 Å². The molecule has 0 bridgehead atoms. The van der Waals surface area contributed by atoms with E-state index in [1.54, 1.807) is 6.07 Å². The molecule has 7 heteroatoms. The van der Waals surface area contributed by atoms with E-state index in [1.807, 2.05) is 26.0 Å². The summed E-state index contributed by atoms with van der Waals surface area (Å²) in [6.45, 7) is 4.25. The number of benzene rings is 1. The van der Waals surface area contributed by atoms with Crippen molar-refractivity contribution >= 4 is 17.4 Å². The molecule has 0 unspecified atom stereocenters. The number of anilines is 1. The van der Waals surface area contributed by atoms with Crippen molar-refractivity contribution in [1.82, 2.24) is 4.90 Å². The topological polar surface area (TPSA) is 49.4 Å². The van der Waals surface area contributed by atoms with Gasteiger partial charge in [0.15, 0.2) is 0 Å². The van der Waals surface area contributed by atoms with Crippen LogP contribution in [0.25, 0.3) is 0 Å². The third kappa shape index (κ3) is 4.15. The molecule has 1 aliphatic rings. The number of rotatable bonds is 4. The van der Waals surface area contributed by atoms with Crippen LogP contribution in [0.15, 0.2) is 30.5 Å². The summed E-state index contributed by atoms with van der Waals surface area (Å²) < 4.78 is 36.7. The molecular formula is C17H19F3N2O2. The Morgan fingerprint density at radius 3 is 2.67 bits per heavy atom. The summed E-state index contributed by atoms with van der Waals surface area (Å²) in [5, 5.41) is 2.82. The average molecular weight is 340 g/mol. The van der Waals surface area contributed by atoms with Gasteiger partial charge in [0.1, 0.15) is 6.04 Å². The van der Waals surface area contributed by atoms with Gasteiger partial charge in [-0.25, -0.2) is 0 Å². The minimum Gasteiger partial charge on any atom is -0.365 e. The van der Waals surface area contributed by atoms with Gasteiger partial charge in [-0.1, -0.05) is 12.1 Å². The van der Waals surface area contributed by atoms with Gasteiger partial charge in [-0.2, -0.15) is 13.2 Å². The maximum Gasteiger partial charge on any atom is 0.454 e. The van der Waals surface area contributed by atoms with Gasteiger partial charge in [0.05, 0.1) is 0 Å². The summed E-state index contributed by atoms with van der Waals surface area (Å²) in [5.41, 5.74) is 2.66. The molecule has 1 atom stereocenters. The first-order valence-corrected chi connectivity index (χ1v) is 7.62. The van der Waals surface area contributed by atoms with Gasteiger partial charge in [0.25, 0.3) is 5.78 Å². The molecule has 0 aliphatic carbocycles. The molecule has 0 aromatic heterocycles. The number of alkyl halides is 3. The number of amides is 1. The Labute approximate surface area is 138 Å². The van der Waals surface area contributed by atoms with Crippen LogP contribution in [0.5, 0.6) is 0 Å². The molecule has 1 heterocycles. The van der Waals surface area contributed by atoms with Crippen molar-refractivity contribution in [3.8, 4) is 0 Å². The van der Waals surface area contributed by atoms with Crippen molar-refractivity contribution in [1.29, 1.82) is 0 Å². The van der Waals surface area contributed by atoms with Crippen molar-refractivity contribution in [2.45, 2.75) is 38.9 Å². The van der Waals surface area contributed by atoms with Crippen LogP contribution in [0.4, 0.5) is 18.9 Å². The van der Waals surface area contributed by atoms with Crippen LogP contribution >= 0.6 is 0 Å². The smallest absolute Gasteiger partial charge is 0.365 e. The summed E-state index contributed by atoms with van der Waals surface area (Å²) in [7, 11) is 0. The Morgan fingerprint density at radius 2 is 2.00 bits per heavy atom. The minimum atomic E-state index is -4.90. The number of nitrogens with zero attached hydrogens (tertiary/aromatic N) is 1. The van der Waals surface area contributed by atoms with Crippen LogP contribution < -0.4 is 5.32 Å². The van der Waals surface area contributed by atoms with Gasteiger partial charge in [0.2, 0.25) is 5.91 Å². The highest BCUT2D eigenvalue weighted by molar-refractivity contribution is 5.96. The van der Waals surface area contributed by atoms with E-state index in [-0.39, 0.29) is 5.91 Å². The lowest BCUT2D eigenvalue weighted by Gasteiger charge is -2.22. The molecule has 2 rings (SSSR count). The molecule has 1 saturated heterocycles. The van der Waals surface area contributed by atoms with Gasteiger partial charge in [-0.15, -0.1) is 0 Å². The number of halogens is 3. The lowest BCUT2D eigenvalue weighted by atomic mass is 10.1. The lowest BCUT2D eigenvalue weighted by molar-refractivity contribution is -0.165. The van der Waals surface area contributed by atoms with Gasteiger partial charge in [-0.3, -0.25) is 9.59 Å². The fraction of sp³-hybridized carbons (Fsp3) is 0.412. The Hall–Kier alpha value is -2.31. The number of likely N-dealkylation sites (tertiary alicyclic amines) is 1. The number of carbonyl (C=O) groups excluding carboxylic acids is 2. The highest BCUT2D eigenvalue weighted by atomic mass is 19.4. The molecule has 130 valence electrons. The summed E-state index contributed by atoms with van der Waals surface area (Å²) >= 11 is 0. The van der Waals surface area contributed by atoms with Gasteiger partial charge in [-0.05, 0) is 43.9 Å². The Bertz CT molecular complexity index is 668. The number of allylic oxidation sites excluding steroid dienone is 1. The van der Waals surface area contributed by atoms with E-state index in [9.17, 15) is 22.8 Å². The minimum absolute atomic E-state index is 0.287. The van der Waals surface area contributed by atoms with E-state index < -0.39 is 18.0 Å². The summed E-state index contributed by atoms with van der Waals surface area (Å²) in [6.07, 6.45) is -2.15. The third-order valence-electron chi connectivity index (χ3n) is 4.16. The van der Waals surface area contributed by atoms with E-state index in [2.05, 4.69) is 5.32 Å². The predicted octanol–water partition coefficient (Wildman–Crippen LogP) is 3.35. The molecule has 1 aliphatic heterocycles. The number of carbonyl (C=O) groups is 2. The fourth-order valence-electron chi connectivity index (χ4n) is 2.61. The Balaban J connectivity index is 2.07. The van der Waals surface area contributed by atoms with E-state index in [0.29, 0.717) is 31.1 Å². The van der Waals surface area contributed by atoms with Crippen LogP contribution in [0.3, 0.4) is 0 Å². The Morgan fingerprint density at radius 1 is 1.29 bits per heavy atom. The fourth-order valence-corrected chi connectivity index (χ4v) is 2.61. The molecule has 24 heavy (non-hydrogen) atoms. The zero-order valence-corrected chi connectivity index (χ0v) is 13.5. The molecule has 0 spiro atoms. The first-order chi connectivity index (χ1) is 11.2. The molecule has 1 aromatic rings. The normalized spacial score (nSPS) is 18.2. The average Bonchev–Trinajstić information content (AvgIpc) is 2.97. The predicted molar refractivity (Wildman–Crippen MR) is 84.5 cm³/mol. The highest BCUT2D eigenvalue weighted by Gasteiger charge is 2.37. The first kappa shape index (κ1) is 18.0. The largest absolute Gasteiger partial charge is 0.454 e. The van der Waals surface area contributed by atoms with Crippen LogP contribution in [0.2, 0.25) is 0 Å². The number of ketones is 1. The van der Waals surface area contributed by atoms with Crippen molar-refractivity contribution in [3.63, 3.8) is 0 Å². The number of hydrogen-bond acceptors (Lipinski definition) is 3. The van der Waals surface area contributed by atoms with Crippen molar-refractivity contribution < 1.29 is 22.8 Å². The Kier molecular flexibility index (Phi) is 5.31. The van der Waals surface area contributed by atoms with Crippen LogP contribution in [-0.2, 0) is 9.59 Å². The van der Waals surface area contributed by atoms with E-state index in [4.69, 9.17) is 0 Å². The number of nitrogens with one attached hydrogen (secondary N) is 1. The van der Waals surface area contributed by atoms with Crippen molar-refractivity contribution in [2.75, 3.05) is 11.9 Å². The zero-order valence-electron chi connectivity index (χ0n) is 13.5. The third-order valence-corrected chi connectivity index (χ3v) is 4.16. The van der Waals surface area contributed by atoms with Crippen LogP contribution in [0, 0.1) is 13.8 Å². The summed E-state index contributed by atoms with van der Waals surface area (Å²) in [4.78, 5) is 24.8. The van der Waals surface area contributed by atoms with Crippen LogP contribution in [0.1, 0.15) is 24.0 Å². The second-order valence-corrected chi connectivity index (χ2v) is 5.81. The van der Waals surface area contributed by atoms with Crippen LogP contribution in [-0.4, -0.2) is 35.4 Å². The maximum absolute atomic E-state index is 12.4. The van der Waals surface area contributed by atoms with Gasteiger partial charge >= 0.3 is 6.18 Å². The molecular weight excluding hydrogens is 321 g/mol. The lowest BCUT2D eigenvalue weighted by Crippen LogP contribution is -2.37. The molecule has 0 saturated carbocycles. The first-order valence-electron chi connectivity index (χ1n) is 7.62. The molecule has 1 aromatic carbocycles. The second-order valence-electron chi connectivity index (χ2n) is 5.81. The van der Waals surface area contributed by atoms with E-state index >= 15 is 0 Å². The molecule has 1 N–H and O–H groups in total. The summed E-state index contributed by atoms with van der Waals surface area (Å²) in [6, 6.07) is 4.95. The highest BCUT2D eigenvalue weighted by Crippen LogP contribution is 2.23. The SMILES string of the molecule is Cc1cccc(NC(=O)[C@@H]2CCCN2/C=C/C(=O)C(F)(F)F)c1C. The summed E-state index contributed by atoms with van der Waals surface area (Å²) in [5.74, 6) is -2.21. The van der Waals surface area contributed by atoms with Gasteiger partial charge in [0, 0.05) is 24.5 Å². The monoisotopic (exact) mass is 340 g/mol. The standard InChI is InChI=1S/C17H19F3N2O2/c1-11-5-3-6-13(12(11)2)21-16(24)14-7-4-9-22(14)10-8-15(23)17(18,19)20/h3,5-6,8,10,14H,4,7,9H2,1-2H3,(H,21,24)/b10-8+/t14-/m0/s1. The molecule has 1 fully saturated rings. The number of hydrogen-bond donors (Lipinski definition) is 1. The molecule has 0 radical (unpaired) electrons. The zero-order chi connectivity index (χ0) is 17.9. The number of aryl methyl sites for hydroxylation is 1. The molecule has 4 nitrogen and oxygen atoms in total. The quantitative estimate of drug-likeness (QED) is 0.855. The van der Waals surface area contributed by atoms with E-state index in [0.717, 1.165) is 17.3 Å². The van der Waals surface area contributed by atoms with Crippen molar-refractivity contribution in [3.05, 3.63) is 41.6 Å². The second kappa shape index (κ2) is 7.07. The van der Waals surface area contributed by atoms with E-state index in [1.165, 1.54) is 4.90 Å². The maximum atomic E-state index is 12.4. The molecule has 1 amide bonds. The van der Waals surface area contributed by atoms with Crippen molar-refractivity contribution in [2.24, 2.45) is 0 Å².